The van der Waals surface area contributed by atoms with Gasteiger partial charge in [0.2, 0.25) is 5.95 Å². The maximum Gasteiger partial charge on any atom is 0.231 e. The molecule has 1 saturated heterocycles. The third-order valence-electron chi connectivity index (χ3n) is 5.63. The fourth-order valence-corrected chi connectivity index (χ4v) is 3.81. The van der Waals surface area contributed by atoms with Crippen molar-refractivity contribution < 1.29 is 4.39 Å². The summed E-state index contributed by atoms with van der Waals surface area (Å²) >= 11 is 0. The number of likely N-dealkylation sites (N-methyl/N-ethyl adjacent to an activating group) is 1. The van der Waals surface area contributed by atoms with E-state index >= 15 is 0 Å². The molecule has 0 saturated carbocycles. The Labute approximate surface area is 185 Å². The van der Waals surface area contributed by atoms with E-state index in [9.17, 15) is 4.39 Å². The van der Waals surface area contributed by atoms with E-state index in [0.717, 1.165) is 31.7 Å². The van der Waals surface area contributed by atoms with Gasteiger partial charge in [-0.2, -0.15) is 9.97 Å². The Morgan fingerprint density at radius 1 is 1.03 bits per heavy atom. The summed E-state index contributed by atoms with van der Waals surface area (Å²) in [6, 6.07) is 15.2. The van der Waals surface area contributed by atoms with Gasteiger partial charge in [-0.25, -0.2) is 9.37 Å². The van der Waals surface area contributed by atoms with Crippen LogP contribution in [0.4, 0.5) is 27.5 Å². The number of hydrogen-bond acceptors (Lipinski definition) is 7. The molecule has 0 unspecified atom stereocenters. The van der Waals surface area contributed by atoms with Crippen LogP contribution in [0.2, 0.25) is 0 Å². The predicted molar refractivity (Wildman–Crippen MR) is 125 cm³/mol. The van der Waals surface area contributed by atoms with Gasteiger partial charge in [0.15, 0.2) is 11.5 Å². The number of nitrogens with one attached hydrogen (secondary N) is 3. The van der Waals surface area contributed by atoms with E-state index in [0.29, 0.717) is 40.8 Å². The van der Waals surface area contributed by atoms with E-state index in [2.05, 4.69) is 47.4 Å². The topological polar surface area (TPSA) is 85.0 Å². The summed E-state index contributed by atoms with van der Waals surface area (Å²) in [5.74, 6) is 0.714. The van der Waals surface area contributed by atoms with Gasteiger partial charge >= 0.3 is 0 Å². The second-order valence-electron chi connectivity index (χ2n) is 7.92. The van der Waals surface area contributed by atoms with E-state index < -0.39 is 0 Å². The Morgan fingerprint density at radius 2 is 1.84 bits per heavy atom. The maximum absolute atomic E-state index is 14.9. The Balaban J connectivity index is 1.35. The molecule has 5 rings (SSSR count). The fourth-order valence-electron chi connectivity index (χ4n) is 3.81. The maximum atomic E-state index is 14.9. The van der Waals surface area contributed by atoms with Crippen molar-refractivity contribution in [3.8, 4) is 0 Å². The zero-order valence-corrected chi connectivity index (χ0v) is 17.8. The molecule has 0 aliphatic carbocycles. The number of imidazole rings is 1. The molecule has 0 bridgehead atoms. The van der Waals surface area contributed by atoms with Crippen molar-refractivity contribution in [2.24, 2.45) is 0 Å². The molecule has 1 fully saturated rings. The van der Waals surface area contributed by atoms with Crippen LogP contribution in [0, 0.1) is 5.82 Å². The fraction of sp³-hybridized carbons (Fsp3) is 0.261. The van der Waals surface area contributed by atoms with Crippen LogP contribution >= 0.6 is 0 Å². The van der Waals surface area contributed by atoms with E-state index in [1.54, 1.807) is 6.33 Å². The van der Waals surface area contributed by atoms with Gasteiger partial charge in [-0.1, -0.05) is 30.3 Å². The van der Waals surface area contributed by atoms with Crippen molar-refractivity contribution >= 4 is 34.3 Å². The van der Waals surface area contributed by atoms with Crippen molar-refractivity contribution in [1.82, 2.24) is 24.8 Å². The first kappa shape index (κ1) is 20.2. The number of H-pyrrole nitrogens is 1. The summed E-state index contributed by atoms with van der Waals surface area (Å²) < 4.78 is 14.9. The number of piperazine rings is 1. The van der Waals surface area contributed by atoms with Crippen LogP contribution in [-0.4, -0.2) is 58.1 Å². The highest BCUT2D eigenvalue weighted by atomic mass is 19.1. The lowest BCUT2D eigenvalue weighted by Crippen LogP contribution is -2.44. The molecular weight excluding hydrogens is 407 g/mol. The second-order valence-corrected chi connectivity index (χ2v) is 7.92. The summed E-state index contributed by atoms with van der Waals surface area (Å²) in [6.45, 7) is 4.09. The third kappa shape index (κ3) is 4.33. The van der Waals surface area contributed by atoms with E-state index in [-0.39, 0.29) is 5.82 Å². The lowest BCUT2D eigenvalue weighted by Gasteiger charge is -2.34. The van der Waals surface area contributed by atoms with E-state index in [1.165, 1.54) is 6.07 Å². The van der Waals surface area contributed by atoms with Gasteiger partial charge in [0.25, 0.3) is 0 Å². The Kier molecular flexibility index (Phi) is 5.55. The highest BCUT2D eigenvalue weighted by Crippen LogP contribution is 2.26. The van der Waals surface area contributed by atoms with E-state index in [1.807, 2.05) is 42.5 Å². The number of anilines is 4. The Bertz CT molecular complexity index is 1200. The number of aromatic nitrogens is 4. The Morgan fingerprint density at radius 3 is 2.62 bits per heavy atom. The molecule has 0 radical (unpaired) electrons. The largest absolute Gasteiger partial charge is 0.367 e. The number of benzene rings is 2. The summed E-state index contributed by atoms with van der Waals surface area (Å²) in [7, 11) is 2.08. The quantitative estimate of drug-likeness (QED) is 0.429. The molecule has 164 valence electrons. The normalized spacial score (nSPS) is 14.6. The van der Waals surface area contributed by atoms with Gasteiger partial charge in [0.1, 0.15) is 11.3 Å². The minimum absolute atomic E-state index is 0.260. The molecule has 0 amide bonds. The number of hydrogen-bond donors (Lipinski definition) is 3. The predicted octanol–water partition coefficient (Wildman–Crippen LogP) is 3.60. The van der Waals surface area contributed by atoms with Gasteiger partial charge in [-0.05, 0) is 30.8 Å². The van der Waals surface area contributed by atoms with Gasteiger partial charge in [-0.3, -0.25) is 0 Å². The first-order valence-electron chi connectivity index (χ1n) is 10.6. The number of nitrogens with zero attached hydrogens (tertiary/aromatic N) is 5. The lowest BCUT2D eigenvalue weighted by atomic mass is 10.2. The lowest BCUT2D eigenvalue weighted by molar-refractivity contribution is 0.311. The average molecular weight is 433 g/mol. The first-order valence-corrected chi connectivity index (χ1v) is 10.6. The Hall–Kier alpha value is -3.72. The van der Waals surface area contributed by atoms with E-state index in [4.69, 9.17) is 0 Å². The van der Waals surface area contributed by atoms with Crippen molar-refractivity contribution in [1.29, 1.82) is 0 Å². The standard InChI is InChI=1S/C23H25FN8/c1-31-9-11-32(12-10-31)19-8-7-17(13-18(19)24)28-23-29-21(20-22(30-23)27-15-26-20)25-14-16-5-3-2-4-6-16/h2-8,13,15H,9-12,14H2,1H3,(H3,25,26,27,28,29,30). The molecule has 1 aliphatic rings. The van der Waals surface area contributed by atoms with Gasteiger partial charge < -0.3 is 25.4 Å². The molecule has 0 atom stereocenters. The molecule has 3 heterocycles. The average Bonchev–Trinajstić information content (AvgIpc) is 3.28. The minimum Gasteiger partial charge on any atom is -0.367 e. The van der Waals surface area contributed by atoms with Crippen molar-refractivity contribution in [3.05, 3.63) is 66.2 Å². The van der Waals surface area contributed by atoms with Crippen LogP contribution in [0.5, 0.6) is 0 Å². The number of aromatic amines is 1. The van der Waals surface area contributed by atoms with Crippen LogP contribution in [0.25, 0.3) is 11.2 Å². The van der Waals surface area contributed by atoms with Crippen LogP contribution in [-0.2, 0) is 6.54 Å². The molecule has 1 aliphatic heterocycles. The molecule has 4 aromatic rings. The monoisotopic (exact) mass is 432 g/mol. The molecule has 2 aromatic carbocycles. The number of rotatable bonds is 6. The zero-order valence-electron chi connectivity index (χ0n) is 17.8. The van der Waals surface area contributed by atoms with Gasteiger partial charge in [0.05, 0.1) is 12.0 Å². The van der Waals surface area contributed by atoms with Crippen molar-refractivity contribution in [2.75, 3.05) is 48.8 Å². The van der Waals surface area contributed by atoms with Gasteiger partial charge in [0, 0.05) is 38.4 Å². The van der Waals surface area contributed by atoms with Crippen molar-refractivity contribution in [2.45, 2.75) is 6.54 Å². The van der Waals surface area contributed by atoms with Gasteiger partial charge in [-0.15, -0.1) is 0 Å². The minimum atomic E-state index is -0.260. The number of halogens is 1. The summed E-state index contributed by atoms with van der Waals surface area (Å²) in [5.41, 5.74) is 3.61. The summed E-state index contributed by atoms with van der Waals surface area (Å²) in [6.07, 6.45) is 1.58. The summed E-state index contributed by atoms with van der Waals surface area (Å²) in [4.78, 5) is 20.7. The van der Waals surface area contributed by atoms with Crippen molar-refractivity contribution in [3.63, 3.8) is 0 Å². The van der Waals surface area contributed by atoms with Crippen LogP contribution in [0.15, 0.2) is 54.9 Å². The van der Waals surface area contributed by atoms with Crippen LogP contribution in [0.1, 0.15) is 5.56 Å². The summed E-state index contributed by atoms with van der Waals surface area (Å²) in [5, 5.41) is 6.45. The third-order valence-corrected chi connectivity index (χ3v) is 5.63. The molecular formula is C23H25FN8. The SMILES string of the molecule is CN1CCN(c2ccc(Nc3nc(NCc4ccccc4)c4nc[nH]c4n3)cc2F)CC1. The number of fused-ring (bicyclic) bond motifs is 1. The molecule has 8 nitrogen and oxygen atoms in total. The second kappa shape index (κ2) is 8.80. The zero-order chi connectivity index (χ0) is 21.9. The highest BCUT2D eigenvalue weighted by Gasteiger charge is 2.18. The molecule has 0 spiro atoms. The molecule has 2 aromatic heterocycles. The smallest absolute Gasteiger partial charge is 0.231 e. The molecule has 3 N–H and O–H groups in total. The highest BCUT2D eigenvalue weighted by molar-refractivity contribution is 5.84. The van der Waals surface area contributed by atoms with Crippen LogP contribution < -0.4 is 15.5 Å². The molecule has 32 heavy (non-hydrogen) atoms. The molecule has 9 heteroatoms. The van der Waals surface area contributed by atoms with Crippen LogP contribution in [0.3, 0.4) is 0 Å². The first-order chi connectivity index (χ1) is 15.7.